The SMILES string of the molecule is C=CCC(CC)NS(N)(=O)=O. The summed E-state index contributed by atoms with van der Waals surface area (Å²) in [7, 11) is -3.56. The van der Waals surface area contributed by atoms with Crippen LogP contribution in [0.4, 0.5) is 0 Å². The van der Waals surface area contributed by atoms with Gasteiger partial charge in [0.1, 0.15) is 0 Å². The van der Waals surface area contributed by atoms with Crippen molar-refractivity contribution >= 4 is 10.2 Å². The molecule has 0 spiro atoms. The molecule has 0 radical (unpaired) electrons. The fourth-order valence-corrected chi connectivity index (χ4v) is 1.46. The molecular formula is C6H14N2O2S. The van der Waals surface area contributed by atoms with Crippen molar-refractivity contribution in [3.8, 4) is 0 Å². The second kappa shape index (κ2) is 4.48. The minimum atomic E-state index is -3.56. The minimum Gasteiger partial charge on any atom is -0.216 e. The van der Waals surface area contributed by atoms with Gasteiger partial charge in [0, 0.05) is 6.04 Å². The van der Waals surface area contributed by atoms with Crippen molar-refractivity contribution in [2.24, 2.45) is 5.14 Å². The van der Waals surface area contributed by atoms with Gasteiger partial charge in [0.05, 0.1) is 0 Å². The Morgan fingerprint density at radius 1 is 1.73 bits per heavy atom. The Bertz CT molecular complexity index is 211. The molecule has 0 aromatic heterocycles. The molecule has 1 atom stereocenters. The van der Waals surface area contributed by atoms with Gasteiger partial charge in [-0.3, -0.25) is 0 Å². The van der Waals surface area contributed by atoms with Crippen LogP contribution >= 0.6 is 0 Å². The molecular weight excluding hydrogens is 164 g/mol. The van der Waals surface area contributed by atoms with Crippen LogP contribution in [0.2, 0.25) is 0 Å². The van der Waals surface area contributed by atoms with Crippen LogP contribution in [0.15, 0.2) is 12.7 Å². The van der Waals surface area contributed by atoms with E-state index in [-0.39, 0.29) is 6.04 Å². The standard InChI is InChI=1S/C6H14N2O2S/c1-3-5-6(4-2)8-11(7,9)10/h3,6,8H,1,4-5H2,2H3,(H2,7,9,10). The summed E-state index contributed by atoms with van der Waals surface area (Å²) in [6.45, 7) is 5.38. The largest absolute Gasteiger partial charge is 0.274 e. The van der Waals surface area contributed by atoms with Crippen LogP contribution in [0, 0.1) is 0 Å². The maximum atomic E-state index is 10.5. The maximum absolute atomic E-state index is 10.5. The number of nitrogens with one attached hydrogen (secondary N) is 1. The van der Waals surface area contributed by atoms with E-state index in [9.17, 15) is 8.42 Å². The van der Waals surface area contributed by atoms with E-state index in [0.29, 0.717) is 12.8 Å². The lowest BCUT2D eigenvalue weighted by molar-refractivity contribution is 0.542. The molecule has 0 aliphatic rings. The van der Waals surface area contributed by atoms with Crippen molar-refractivity contribution in [2.75, 3.05) is 0 Å². The van der Waals surface area contributed by atoms with Crippen LogP contribution in [0.3, 0.4) is 0 Å². The summed E-state index contributed by atoms with van der Waals surface area (Å²) in [6.07, 6.45) is 2.97. The topological polar surface area (TPSA) is 72.2 Å². The van der Waals surface area contributed by atoms with Gasteiger partial charge >= 0.3 is 0 Å². The smallest absolute Gasteiger partial charge is 0.216 e. The second-order valence-corrected chi connectivity index (χ2v) is 3.62. The Balaban J connectivity index is 3.98. The third-order valence-corrected chi connectivity index (χ3v) is 1.94. The molecule has 0 rings (SSSR count). The maximum Gasteiger partial charge on any atom is 0.274 e. The number of rotatable bonds is 5. The van der Waals surface area contributed by atoms with Gasteiger partial charge in [0.15, 0.2) is 0 Å². The lowest BCUT2D eigenvalue weighted by Crippen LogP contribution is -2.38. The molecule has 0 aliphatic heterocycles. The summed E-state index contributed by atoms with van der Waals surface area (Å²) < 4.78 is 23.3. The van der Waals surface area contributed by atoms with Crippen molar-refractivity contribution in [3.63, 3.8) is 0 Å². The van der Waals surface area contributed by atoms with Gasteiger partial charge in [-0.15, -0.1) is 6.58 Å². The van der Waals surface area contributed by atoms with Crippen LogP contribution in [-0.4, -0.2) is 14.5 Å². The summed E-state index contributed by atoms with van der Waals surface area (Å²) in [5.41, 5.74) is 0. The number of nitrogens with two attached hydrogens (primary N) is 1. The van der Waals surface area contributed by atoms with Gasteiger partial charge in [-0.2, -0.15) is 13.1 Å². The highest BCUT2D eigenvalue weighted by Crippen LogP contribution is 1.97. The van der Waals surface area contributed by atoms with Gasteiger partial charge in [0.25, 0.3) is 10.2 Å². The Labute approximate surface area is 67.7 Å². The fourth-order valence-electron chi connectivity index (χ4n) is 0.732. The predicted octanol–water partition coefficient (Wildman–Crippen LogP) is 0.134. The van der Waals surface area contributed by atoms with Gasteiger partial charge in [0.2, 0.25) is 0 Å². The van der Waals surface area contributed by atoms with E-state index in [4.69, 9.17) is 5.14 Å². The molecule has 0 aliphatic carbocycles. The van der Waals surface area contributed by atoms with Crippen LogP contribution in [-0.2, 0) is 10.2 Å². The Hall–Kier alpha value is -0.390. The summed E-state index contributed by atoms with van der Waals surface area (Å²) in [5.74, 6) is 0. The molecule has 0 saturated carbocycles. The normalized spacial score (nSPS) is 14.4. The lowest BCUT2D eigenvalue weighted by Gasteiger charge is -2.11. The van der Waals surface area contributed by atoms with Crippen molar-refractivity contribution in [3.05, 3.63) is 12.7 Å². The molecule has 66 valence electrons. The van der Waals surface area contributed by atoms with Gasteiger partial charge in [-0.25, -0.2) is 5.14 Å². The third-order valence-electron chi connectivity index (χ3n) is 1.27. The average molecular weight is 178 g/mol. The first kappa shape index (κ1) is 10.6. The number of hydrogen-bond acceptors (Lipinski definition) is 2. The second-order valence-electron chi connectivity index (χ2n) is 2.29. The Morgan fingerprint density at radius 3 is 2.55 bits per heavy atom. The Kier molecular flexibility index (Phi) is 4.32. The van der Waals surface area contributed by atoms with Crippen LogP contribution in [0.1, 0.15) is 19.8 Å². The van der Waals surface area contributed by atoms with Crippen LogP contribution in [0.5, 0.6) is 0 Å². The highest BCUT2D eigenvalue weighted by atomic mass is 32.2. The van der Waals surface area contributed by atoms with E-state index in [1.807, 2.05) is 6.92 Å². The zero-order valence-electron chi connectivity index (χ0n) is 6.58. The first-order chi connectivity index (χ1) is 4.99. The minimum absolute atomic E-state index is 0.123. The average Bonchev–Trinajstić information content (AvgIpc) is 1.84. The summed E-state index contributed by atoms with van der Waals surface area (Å²) in [5, 5.41) is 4.77. The monoisotopic (exact) mass is 178 g/mol. The molecule has 0 saturated heterocycles. The molecule has 5 heteroatoms. The number of hydrogen-bond donors (Lipinski definition) is 2. The molecule has 3 N–H and O–H groups in total. The zero-order chi connectivity index (χ0) is 8.91. The predicted molar refractivity (Wildman–Crippen MR) is 45.1 cm³/mol. The van der Waals surface area contributed by atoms with E-state index in [1.54, 1.807) is 6.08 Å². The van der Waals surface area contributed by atoms with Gasteiger partial charge < -0.3 is 0 Å². The van der Waals surface area contributed by atoms with Crippen molar-refractivity contribution < 1.29 is 8.42 Å². The molecule has 0 aromatic rings. The van der Waals surface area contributed by atoms with Crippen molar-refractivity contribution in [1.29, 1.82) is 0 Å². The summed E-state index contributed by atoms with van der Waals surface area (Å²) >= 11 is 0. The molecule has 0 fully saturated rings. The highest BCUT2D eigenvalue weighted by molar-refractivity contribution is 7.87. The quantitative estimate of drug-likeness (QED) is 0.587. The molecule has 4 nitrogen and oxygen atoms in total. The molecule has 0 heterocycles. The molecule has 11 heavy (non-hydrogen) atoms. The van der Waals surface area contributed by atoms with Crippen molar-refractivity contribution in [1.82, 2.24) is 4.72 Å². The Morgan fingerprint density at radius 2 is 2.27 bits per heavy atom. The molecule has 0 aromatic carbocycles. The van der Waals surface area contributed by atoms with Gasteiger partial charge in [-0.1, -0.05) is 13.0 Å². The van der Waals surface area contributed by atoms with E-state index in [0.717, 1.165) is 0 Å². The van der Waals surface area contributed by atoms with Crippen LogP contribution in [0.25, 0.3) is 0 Å². The molecule has 1 unspecified atom stereocenters. The van der Waals surface area contributed by atoms with E-state index in [1.165, 1.54) is 0 Å². The highest BCUT2D eigenvalue weighted by Gasteiger charge is 2.09. The third kappa shape index (κ3) is 6.03. The lowest BCUT2D eigenvalue weighted by atomic mass is 10.2. The fraction of sp³-hybridized carbons (Fsp3) is 0.667. The first-order valence-electron chi connectivity index (χ1n) is 3.40. The van der Waals surface area contributed by atoms with E-state index >= 15 is 0 Å². The van der Waals surface area contributed by atoms with Crippen LogP contribution < -0.4 is 9.86 Å². The van der Waals surface area contributed by atoms with E-state index < -0.39 is 10.2 Å². The first-order valence-corrected chi connectivity index (χ1v) is 4.95. The van der Waals surface area contributed by atoms with E-state index in [2.05, 4.69) is 11.3 Å². The summed E-state index contributed by atoms with van der Waals surface area (Å²) in [4.78, 5) is 0. The van der Waals surface area contributed by atoms with Crippen molar-refractivity contribution in [2.45, 2.75) is 25.8 Å². The van der Waals surface area contributed by atoms with Gasteiger partial charge in [-0.05, 0) is 12.8 Å². The molecule has 0 amide bonds. The zero-order valence-corrected chi connectivity index (χ0v) is 7.39. The molecule has 0 bridgehead atoms. The summed E-state index contributed by atoms with van der Waals surface area (Å²) in [6, 6.07) is -0.123.